The van der Waals surface area contributed by atoms with E-state index in [1.807, 2.05) is 0 Å². The molecule has 1 heterocycles. The minimum absolute atomic E-state index is 0.217. The molecule has 6 heteroatoms. The summed E-state index contributed by atoms with van der Waals surface area (Å²) in [6.07, 6.45) is 21.2. The number of sulfonamides is 1. The summed E-state index contributed by atoms with van der Waals surface area (Å²) in [5.41, 5.74) is 0.782. The number of unbranched alkanes of at least 4 members (excludes halogenated alkanes) is 10. The van der Waals surface area contributed by atoms with Gasteiger partial charge in [0.1, 0.15) is 6.33 Å². The zero-order valence-corrected chi connectivity index (χ0v) is 18.9. The average molecular weight is 412 g/mol. The highest BCUT2D eigenvalue weighted by Gasteiger charge is 2.17. The van der Waals surface area contributed by atoms with Gasteiger partial charge in [0.15, 0.2) is 0 Å². The lowest BCUT2D eigenvalue weighted by Gasteiger charge is -2.15. The van der Waals surface area contributed by atoms with Crippen LogP contribution in [-0.2, 0) is 16.6 Å². The van der Waals surface area contributed by atoms with Crippen molar-refractivity contribution in [3.63, 3.8) is 0 Å². The highest BCUT2D eigenvalue weighted by molar-refractivity contribution is 7.89. The predicted molar refractivity (Wildman–Crippen MR) is 118 cm³/mol. The van der Waals surface area contributed by atoms with Crippen LogP contribution in [0.5, 0.6) is 0 Å². The second-order valence-corrected chi connectivity index (χ2v) is 9.80. The summed E-state index contributed by atoms with van der Waals surface area (Å²) in [4.78, 5) is 7.82. The van der Waals surface area contributed by atoms with E-state index in [9.17, 15) is 8.42 Å². The van der Waals surface area contributed by atoms with Gasteiger partial charge in [-0.3, -0.25) is 0 Å². The zero-order chi connectivity index (χ0) is 20.5. The number of hydrogen-bond acceptors (Lipinski definition) is 4. The first kappa shape index (κ1) is 25.0. The van der Waals surface area contributed by atoms with Crippen LogP contribution < -0.4 is 4.72 Å². The summed E-state index contributed by atoms with van der Waals surface area (Å²) < 4.78 is 27.3. The molecule has 0 amide bonds. The summed E-state index contributed by atoms with van der Waals surface area (Å²) in [5, 5.41) is 0. The van der Waals surface area contributed by atoms with E-state index >= 15 is 0 Å². The fourth-order valence-corrected chi connectivity index (χ4v) is 5.01. The van der Waals surface area contributed by atoms with Gasteiger partial charge in [0.05, 0.1) is 5.75 Å². The van der Waals surface area contributed by atoms with E-state index in [2.05, 4.69) is 28.5 Å². The molecular formula is C22H41N3O2S. The first-order valence-corrected chi connectivity index (χ1v) is 12.9. The smallest absolute Gasteiger partial charge is 0.212 e. The third-order valence-corrected chi connectivity index (χ3v) is 6.85. The highest BCUT2D eigenvalue weighted by Crippen LogP contribution is 2.17. The Morgan fingerprint density at radius 3 is 1.93 bits per heavy atom. The predicted octanol–water partition coefficient (Wildman–Crippen LogP) is 5.62. The van der Waals surface area contributed by atoms with Gasteiger partial charge in [-0.05, 0) is 12.3 Å². The van der Waals surface area contributed by atoms with E-state index in [0.29, 0.717) is 0 Å². The number of nitrogens with zero attached hydrogens (tertiary/aromatic N) is 2. The molecule has 0 spiro atoms. The number of hydrogen-bond donors (Lipinski definition) is 1. The lowest BCUT2D eigenvalue weighted by atomic mass is 9.99. The van der Waals surface area contributed by atoms with Crippen LogP contribution in [0.25, 0.3) is 0 Å². The molecule has 0 bridgehead atoms. The van der Waals surface area contributed by atoms with Crippen LogP contribution in [0, 0.1) is 5.92 Å². The van der Waals surface area contributed by atoms with Crippen molar-refractivity contribution in [2.45, 2.75) is 104 Å². The third kappa shape index (κ3) is 13.2. The maximum Gasteiger partial charge on any atom is 0.212 e. The Balaban J connectivity index is 2.09. The van der Waals surface area contributed by atoms with Gasteiger partial charge in [-0.2, -0.15) is 0 Å². The van der Waals surface area contributed by atoms with E-state index in [-0.39, 0.29) is 18.2 Å². The summed E-state index contributed by atoms with van der Waals surface area (Å²) in [5.74, 6) is 0.456. The van der Waals surface area contributed by atoms with E-state index in [1.165, 1.54) is 70.5 Å². The number of rotatable bonds is 18. The summed E-state index contributed by atoms with van der Waals surface area (Å²) in [6, 6.07) is 0. The van der Waals surface area contributed by atoms with Crippen molar-refractivity contribution in [1.82, 2.24) is 14.7 Å². The molecule has 1 aromatic heterocycles. The van der Waals surface area contributed by atoms with Crippen LogP contribution in [0.15, 0.2) is 18.7 Å². The summed E-state index contributed by atoms with van der Waals surface area (Å²) in [6.45, 7) is 4.61. The maximum absolute atomic E-state index is 12.3. The number of nitrogens with one attached hydrogen (secondary N) is 1. The Bertz CT molecular complexity index is 579. The summed E-state index contributed by atoms with van der Waals surface area (Å²) in [7, 11) is -3.26. The average Bonchev–Trinajstić information content (AvgIpc) is 2.70. The van der Waals surface area contributed by atoms with Crippen LogP contribution >= 0.6 is 0 Å². The van der Waals surface area contributed by atoms with Gasteiger partial charge in [-0.15, -0.1) is 0 Å². The molecule has 1 aromatic rings. The van der Waals surface area contributed by atoms with Gasteiger partial charge in [-0.1, -0.05) is 90.9 Å². The van der Waals surface area contributed by atoms with Crippen molar-refractivity contribution in [2.24, 2.45) is 5.92 Å². The quantitative estimate of drug-likeness (QED) is 0.318. The normalized spacial score (nSPS) is 12.9. The van der Waals surface area contributed by atoms with Crippen molar-refractivity contribution in [3.05, 3.63) is 24.3 Å². The van der Waals surface area contributed by atoms with Gasteiger partial charge in [0.2, 0.25) is 10.0 Å². The lowest BCUT2D eigenvalue weighted by molar-refractivity contribution is 0.462. The van der Waals surface area contributed by atoms with Crippen molar-refractivity contribution in [2.75, 3.05) is 5.75 Å². The summed E-state index contributed by atoms with van der Waals surface area (Å²) >= 11 is 0. The van der Waals surface area contributed by atoms with Crippen LogP contribution in [-0.4, -0.2) is 24.1 Å². The molecule has 0 saturated carbocycles. The molecule has 5 nitrogen and oxygen atoms in total. The Morgan fingerprint density at radius 1 is 0.857 bits per heavy atom. The van der Waals surface area contributed by atoms with E-state index in [0.717, 1.165) is 24.8 Å². The Morgan fingerprint density at radius 2 is 1.39 bits per heavy atom. The van der Waals surface area contributed by atoms with Crippen molar-refractivity contribution < 1.29 is 8.42 Å². The molecule has 1 N–H and O–H groups in total. The number of aromatic nitrogens is 2. The molecule has 0 saturated heterocycles. The SMILES string of the molecule is CCCCCCCCCCCCCC(CC)CS(=O)(=O)NCc1cncnc1. The topological polar surface area (TPSA) is 72.0 Å². The second-order valence-electron chi connectivity index (χ2n) is 7.95. The van der Waals surface area contributed by atoms with E-state index < -0.39 is 10.0 Å². The van der Waals surface area contributed by atoms with E-state index in [4.69, 9.17) is 0 Å². The molecule has 162 valence electrons. The molecule has 0 aliphatic heterocycles. The molecule has 28 heavy (non-hydrogen) atoms. The molecule has 0 radical (unpaired) electrons. The Labute approximate surface area is 173 Å². The lowest BCUT2D eigenvalue weighted by Crippen LogP contribution is -2.29. The van der Waals surface area contributed by atoms with Gasteiger partial charge >= 0.3 is 0 Å². The van der Waals surface area contributed by atoms with Gasteiger partial charge in [-0.25, -0.2) is 23.1 Å². The minimum Gasteiger partial charge on any atom is -0.244 e. The molecule has 0 aromatic carbocycles. The largest absolute Gasteiger partial charge is 0.244 e. The molecule has 0 aliphatic carbocycles. The van der Waals surface area contributed by atoms with Crippen LogP contribution in [0.4, 0.5) is 0 Å². The maximum atomic E-state index is 12.3. The molecular weight excluding hydrogens is 370 g/mol. The van der Waals surface area contributed by atoms with Crippen molar-refractivity contribution in [1.29, 1.82) is 0 Å². The highest BCUT2D eigenvalue weighted by atomic mass is 32.2. The first-order chi connectivity index (χ1) is 13.6. The monoisotopic (exact) mass is 411 g/mol. The van der Waals surface area contributed by atoms with Gasteiger partial charge in [0.25, 0.3) is 0 Å². The molecule has 1 atom stereocenters. The van der Waals surface area contributed by atoms with Crippen molar-refractivity contribution in [3.8, 4) is 0 Å². The second kappa shape index (κ2) is 15.9. The van der Waals surface area contributed by atoms with Crippen molar-refractivity contribution >= 4 is 10.0 Å². The van der Waals surface area contributed by atoms with Crippen LogP contribution in [0.1, 0.15) is 103 Å². The van der Waals surface area contributed by atoms with Gasteiger partial charge < -0.3 is 0 Å². The standard InChI is InChI=1S/C22H41N3O2S/c1-3-5-6-7-8-9-10-11-12-13-14-15-21(4-2)19-28(26,27)25-18-22-16-23-20-24-17-22/h16-17,20-21,25H,3-15,18-19H2,1-2H3. The van der Waals surface area contributed by atoms with Crippen LogP contribution in [0.2, 0.25) is 0 Å². The van der Waals surface area contributed by atoms with E-state index in [1.54, 1.807) is 12.4 Å². The third-order valence-electron chi connectivity index (χ3n) is 5.36. The van der Waals surface area contributed by atoms with Gasteiger partial charge in [0, 0.05) is 24.5 Å². The van der Waals surface area contributed by atoms with Crippen LogP contribution in [0.3, 0.4) is 0 Å². The Hall–Kier alpha value is -1.01. The minimum atomic E-state index is -3.26. The molecule has 0 aliphatic rings. The molecule has 1 rings (SSSR count). The Kier molecular flexibility index (Phi) is 14.2. The fourth-order valence-electron chi connectivity index (χ4n) is 3.49. The fraction of sp³-hybridized carbons (Fsp3) is 0.818. The first-order valence-electron chi connectivity index (χ1n) is 11.3. The molecule has 1 unspecified atom stereocenters. The molecule has 0 fully saturated rings. The zero-order valence-electron chi connectivity index (χ0n) is 18.0.